The molecule has 0 aromatic heterocycles. The second-order valence-corrected chi connectivity index (χ2v) is 7.36. The van der Waals surface area contributed by atoms with Crippen molar-refractivity contribution in [3.8, 4) is 0 Å². The van der Waals surface area contributed by atoms with Crippen LogP contribution in [-0.4, -0.2) is 34.7 Å². The summed E-state index contributed by atoms with van der Waals surface area (Å²) in [7, 11) is 0. The number of amides is 1. The van der Waals surface area contributed by atoms with Crippen molar-refractivity contribution in [1.29, 1.82) is 0 Å². The molecule has 0 radical (unpaired) electrons. The van der Waals surface area contributed by atoms with Gasteiger partial charge in [-0.15, -0.1) is 6.58 Å². The third kappa shape index (κ3) is 2.12. The van der Waals surface area contributed by atoms with Crippen LogP contribution in [0.25, 0.3) is 0 Å². The van der Waals surface area contributed by atoms with Crippen molar-refractivity contribution in [1.82, 2.24) is 0 Å². The van der Waals surface area contributed by atoms with Gasteiger partial charge in [0.05, 0.1) is 18.1 Å². The van der Waals surface area contributed by atoms with Gasteiger partial charge in [0.2, 0.25) is 5.91 Å². The number of hydrogen-bond donors (Lipinski definition) is 1. The van der Waals surface area contributed by atoms with Gasteiger partial charge in [-0.3, -0.25) is 9.59 Å². The Bertz CT molecular complexity index is 796. The molecule has 2 saturated heterocycles. The van der Waals surface area contributed by atoms with Crippen LogP contribution in [0.15, 0.2) is 48.6 Å². The fourth-order valence-corrected chi connectivity index (χ4v) is 4.53. The van der Waals surface area contributed by atoms with Crippen molar-refractivity contribution in [2.75, 3.05) is 4.90 Å². The van der Waals surface area contributed by atoms with E-state index in [-0.39, 0.29) is 11.9 Å². The van der Waals surface area contributed by atoms with E-state index >= 15 is 0 Å². The monoisotopic (exact) mass is 339 g/mol. The number of ether oxygens (including phenoxy) is 1. The quantitative estimate of drug-likeness (QED) is 0.857. The molecular formula is C20H21NO4. The SMILES string of the molecule is C=C(C)CC1N(c2ccc(C)cc2)C(=O)[C@@H]2C(C(=O)O)[C@H]3C=C[C@@]12O3. The van der Waals surface area contributed by atoms with Gasteiger partial charge < -0.3 is 14.7 Å². The lowest BCUT2D eigenvalue weighted by atomic mass is 9.74. The summed E-state index contributed by atoms with van der Waals surface area (Å²) < 4.78 is 6.12. The molecule has 1 aromatic rings. The van der Waals surface area contributed by atoms with Crippen molar-refractivity contribution in [3.05, 3.63) is 54.1 Å². The number of aryl methyl sites for hydroxylation is 1. The van der Waals surface area contributed by atoms with E-state index in [9.17, 15) is 14.7 Å². The Labute approximate surface area is 146 Å². The van der Waals surface area contributed by atoms with Crippen molar-refractivity contribution >= 4 is 17.6 Å². The number of anilines is 1. The Balaban J connectivity index is 1.84. The largest absolute Gasteiger partial charge is 0.481 e. The zero-order valence-corrected chi connectivity index (χ0v) is 14.3. The molecule has 1 N–H and O–H groups in total. The summed E-state index contributed by atoms with van der Waals surface area (Å²) in [4.78, 5) is 26.8. The van der Waals surface area contributed by atoms with Crippen LogP contribution < -0.4 is 4.90 Å². The van der Waals surface area contributed by atoms with E-state index in [0.29, 0.717) is 6.42 Å². The number of fused-ring (bicyclic) bond motifs is 1. The van der Waals surface area contributed by atoms with Crippen molar-refractivity contribution in [2.45, 2.75) is 38.0 Å². The molecule has 2 bridgehead atoms. The lowest BCUT2D eigenvalue weighted by molar-refractivity contribution is -0.146. The van der Waals surface area contributed by atoms with Crippen LogP contribution >= 0.6 is 0 Å². The minimum absolute atomic E-state index is 0.172. The maximum absolute atomic E-state index is 13.3. The summed E-state index contributed by atoms with van der Waals surface area (Å²) in [6.45, 7) is 7.91. The van der Waals surface area contributed by atoms with Gasteiger partial charge >= 0.3 is 5.97 Å². The number of nitrogens with zero attached hydrogens (tertiary/aromatic N) is 1. The van der Waals surface area contributed by atoms with E-state index < -0.39 is 29.5 Å². The van der Waals surface area contributed by atoms with Crippen molar-refractivity contribution in [2.24, 2.45) is 11.8 Å². The summed E-state index contributed by atoms with van der Waals surface area (Å²) in [5.74, 6) is -2.67. The minimum atomic E-state index is -0.977. The maximum Gasteiger partial charge on any atom is 0.310 e. The van der Waals surface area contributed by atoms with Gasteiger partial charge in [0, 0.05) is 5.69 Å². The molecule has 130 valence electrons. The highest BCUT2D eigenvalue weighted by Gasteiger charge is 2.71. The first kappa shape index (κ1) is 16.1. The summed E-state index contributed by atoms with van der Waals surface area (Å²) in [6.07, 6.45) is 3.74. The lowest BCUT2D eigenvalue weighted by Crippen LogP contribution is -2.45. The van der Waals surface area contributed by atoms with Crippen LogP contribution in [0.1, 0.15) is 18.9 Å². The van der Waals surface area contributed by atoms with Crippen LogP contribution in [0.5, 0.6) is 0 Å². The highest BCUT2D eigenvalue weighted by atomic mass is 16.5. The zero-order valence-electron chi connectivity index (χ0n) is 14.3. The van der Waals surface area contributed by atoms with Gasteiger partial charge in [-0.1, -0.05) is 35.4 Å². The predicted octanol–water partition coefficient (Wildman–Crippen LogP) is 2.70. The number of carboxylic acids is 1. The fraction of sp³-hybridized carbons (Fsp3) is 0.400. The number of hydrogen-bond acceptors (Lipinski definition) is 3. The van der Waals surface area contributed by atoms with Crippen molar-refractivity contribution in [3.63, 3.8) is 0 Å². The first-order valence-corrected chi connectivity index (χ1v) is 8.49. The summed E-state index contributed by atoms with van der Waals surface area (Å²) in [5, 5.41) is 9.66. The molecule has 3 aliphatic heterocycles. The molecular weight excluding hydrogens is 318 g/mol. The van der Waals surface area contributed by atoms with Gasteiger partial charge in [0.1, 0.15) is 11.5 Å². The average Bonchev–Trinajstić information content (AvgIpc) is 3.18. The van der Waals surface area contributed by atoms with E-state index in [0.717, 1.165) is 16.8 Å². The highest BCUT2D eigenvalue weighted by molar-refractivity contribution is 6.03. The first-order chi connectivity index (χ1) is 11.8. The Kier molecular flexibility index (Phi) is 3.41. The molecule has 3 aliphatic rings. The van der Waals surface area contributed by atoms with Crippen LogP contribution in [0, 0.1) is 18.8 Å². The molecule has 5 nitrogen and oxygen atoms in total. The van der Waals surface area contributed by atoms with Crippen LogP contribution in [-0.2, 0) is 14.3 Å². The number of benzene rings is 1. The number of carbonyl (C=O) groups is 2. The number of carboxylic acid groups (broad SMARTS) is 1. The molecule has 2 unspecified atom stereocenters. The zero-order chi connectivity index (χ0) is 17.9. The standard InChI is InChI=1S/C20H21NO4/c1-11(2)10-15-20-9-8-14(25-20)16(19(23)24)17(20)18(22)21(15)13-6-4-12(3)5-7-13/h4-9,14-17H,1,10H2,2-3H3,(H,23,24)/t14-,15?,16?,17+,20-/m1/s1. The second kappa shape index (κ2) is 5.30. The Hall–Kier alpha value is -2.40. The fourth-order valence-electron chi connectivity index (χ4n) is 4.53. The molecule has 1 amide bonds. The molecule has 5 atom stereocenters. The summed E-state index contributed by atoms with van der Waals surface area (Å²) >= 11 is 0. The molecule has 2 fully saturated rings. The van der Waals surface area contributed by atoms with Crippen molar-refractivity contribution < 1.29 is 19.4 Å². The molecule has 25 heavy (non-hydrogen) atoms. The topological polar surface area (TPSA) is 66.8 Å². The molecule has 4 rings (SSSR count). The summed E-state index contributed by atoms with van der Waals surface area (Å²) in [5.41, 5.74) is 1.93. The molecule has 1 spiro atoms. The van der Waals surface area contributed by atoms with E-state index in [1.54, 1.807) is 11.0 Å². The Morgan fingerprint density at radius 3 is 2.64 bits per heavy atom. The van der Waals surface area contributed by atoms with Crippen LogP contribution in [0.2, 0.25) is 0 Å². The third-order valence-electron chi connectivity index (χ3n) is 5.56. The number of rotatable bonds is 4. The maximum atomic E-state index is 13.3. The predicted molar refractivity (Wildman–Crippen MR) is 93.2 cm³/mol. The van der Waals surface area contributed by atoms with E-state index in [1.807, 2.05) is 44.2 Å². The molecule has 5 heteroatoms. The second-order valence-electron chi connectivity index (χ2n) is 7.36. The van der Waals surface area contributed by atoms with Gasteiger partial charge in [0.25, 0.3) is 0 Å². The highest BCUT2D eigenvalue weighted by Crippen LogP contribution is 2.56. The number of carbonyl (C=O) groups excluding carboxylic acids is 1. The summed E-state index contributed by atoms with van der Waals surface area (Å²) in [6, 6.07) is 7.44. The molecule has 0 aliphatic carbocycles. The number of aliphatic carboxylic acids is 1. The third-order valence-corrected chi connectivity index (χ3v) is 5.56. The van der Waals surface area contributed by atoms with Gasteiger partial charge in [-0.05, 0) is 32.4 Å². The molecule has 1 aromatic carbocycles. The first-order valence-electron chi connectivity index (χ1n) is 8.49. The van der Waals surface area contributed by atoms with Gasteiger partial charge in [0.15, 0.2) is 0 Å². The smallest absolute Gasteiger partial charge is 0.310 e. The van der Waals surface area contributed by atoms with E-state index in [4.69, 9.17) is 4.74 Å². The average molecular weight is 339 g/mol. The minimum Gasteiger partial charge on any atom is -0.481 e. The van der Waals surface area contributed by atoms with Gasteiger partial charge in [-0.25, -0.2) is 0 Å². The van der Waals surface area contributed by atoms with E-state index in [2.05, 4.69) is 6.58 Å². The van der Waals surface area contributed by atoms with Gasteiger partial charge in [-0.2, -0.15) is 0 Å². The van der Waals surface area contributed by atoms with E-state index in [1.165, 1.54) is 0 Å². The lowest BCUT2D eigenvalue weighted by Gasteiger charge is -2.33. The Morgan fingerprint density at radius 2 is 2.04 bits per heavy atom. The molecule has 3 heterocycles. The van der Waals surface area contributed by atoms with Crippen LogP contribution in [0.4, 0.5) is 5.69 Å². The van der Waals surface area contributed by atoms with Crippen LogP contribution in [0.3, 0.4) is 0 Å². The molecule has 0 saturated carbocycles. The normalized spacial score (nSPS) is 35.3. The Morgan fingerprint density at radius 1 is 1.36 bits per heavy atom.